The summed E-state index contributed by atoms with van der Waals surface area (Å²) in [7, 11) is 0. The van der Waals surface area contributed by atoms with E-state index in [2.05, 4.69) is 60.8 Å². The third-order valence-corrected chi connectivity index (χ3v) is 3.06. The van der Waals surface area contributed by atoms with Crippen LogP contribution in [-0.2, 0) is 0 Å². The van der Waals surface area contributed by atoms with E-state index in [0.717, 1.165) is 13.1 Å². The molecule has 2 N–H and O–H groups in total. The average molecular weight is 274 g/mol. The third-order valence-electron chi connectivity index (χ3n) is 2.33. The Labute approximate surface area is 115 Å². The third kappa shape index (κ3) is 4.44. The normalized spacial score (nSPS) is 24.4. The maximum Gasteiger partial charge on any atom is 0.237 e. The number of thiol groups is 1. The van der Waals surface area contributed by atoms with Crippen LogP contribution in [0.5, 0.6) is 0 Å². The van der Waals surface area contributed by atoms with Gasteiger partial charge in [0.05, 0.1) is 6.34 Å². The average Bonchev–Trinajstić information content (AvgIpc) is 2.14. The second-order valence-corrected chi connectivity index (χ2v) is 6.22. The fourth-order valence-corrected chi connectivity index (χ4v) is 2.38. The lowest BCUT2D eigenvalue weighted by molar-refractivity contribution is 0.126. The van der Waals surface area contributed by atoms with Crippen molar-refractivity contribution in [2.75, 3.05) is 13.1 Å². The van der Waals surface area contributed by atoms with Gasteiger partial charge in [0.1, 0.15) is 0 Å². The predicted octanol–water partition coefficient (Wildman–Crippen LogP) is 1.65. The maximum atomic E-state index is 5.11. The van der Waals surface area contributed by atoms with Crippen LogP contribution in [0.25, 0.3) is 0 Å². The molecular weight excluding hydrogens is 252 g/mol. The van der Waals surface area contributed by atoms with Crippen molar-refractivity contribution < 1.29 is 0 Å². The van der Waals surface area contributed by atoms with Gasteiger partial charge in [0, 0.05) is 13.1 Å². The van der Waals surface area contributed by atoms with Gasteiger partial charge >= 0.3 is 0 Å². The lowest BCUT2D eigenvalue weighted by atomic mass is 10.1. The Hall–Kier alpha value is -0.330. The Balaban J connectivity index is 2.83. The highest BCUT2D eigenvalue weighted by Gasteiger charge is 2.35. The van der Waals surface area contributed by atoms with Gasteiger partial charge in [-0.1, -0.05) is 27.7 Å². The van der Waals surface area contributed by atoms with E-state index in [-0.39, 0.29) is 0 Å². The van der Waals surface area contributed by atoms with Gasteiger partial charge in [0.2, 0.25) is 5.12 Å². The summed E-state index contributed by atoms with van der Waals surface area (Å²) in [6.07, 6.45) is 1.61. The summed E-state index contributed by atoms with van der Waals surface area (Å²) in [4.78, 5) is 6.59. The van der Waals surface area contributed by atoms with Crippen molar-refractivity contribution in [2.24, 2.45) is 16.8 Å². The zero-order chi connectivity index (χ0) is 13.1. The first-order chi connectivity index (χ1) is 7.83. The molecule has 1 rings (SSSR count). The van der Waals surface area contributed by atoms with Gasteiger partial charge in [-0.3, -0.25) is 4.90 Å². The van der Waals surface area contributed by atoms with Gasteiger partial charge in [-0.15, -0.1) is 12.6 Å². The quantitative estimate of drug-likeness (QED) is 0.405. The van der Waals surface area contributed by atoms with Crippen LogP contribution in [0, 0.1) is 11.8 Å². The van der Waals surface area contributed by atoms with Crippen LogP contribution in [0.2, 0.25) is 0 Å². The minimum atomic E-state index is -0.725. The maximum absolute atomic E-state index is 5.11. The summed E-state index contributed by atoms with van der Waals surface area (Å²) in [5.74, 6) is 1.11. The Morgan fingerprint density at radius 1 is 1.35 bits per heavy atom. The van der Waals surface area contributed by atoms with Crippen LogP contribution < -0.4 is 10.6 Å². The summed E-state index contributed by atoms with van der Waals surface area (Å²) in [5.41, 5.74) is 0. The van der Waals surface area contributed by atoms with E-state index in [1.165, 1.54) is 0 Å². The second kappa shape index (κ2) is 6.02. The number of nitrogens with zero attached hydrogens (tertiary/aromatic N) is 2. The van der Waals surface area contributed by atoms with Crippen LogP contribution in [0.15, 0.2) is 4.99 Å². The summed E-state index contributed by atoms with van der Waals surface area (Å²) in [6, 6.07) is 0. The molecule has 0 fully saturated rings. The van der Waals surface area contributed by atoms with Gasteiger partial charge in [0.25, 0.3) is 0 Å². The Bertz CT molecular complexity index is 294. The molecule has 0 aromatic rings. The largest absolute Gasteiger partial charge is 0.324 e. The molecule has 0 radical (unpaired) electrons. The van der Waals surface area contributed by atoms with Gasteiger partial charge in [-0.2, -0.15) is 0 Å². The molecule has 6 heteroatoms. The van der Waals surface area contributed by atoms with Crippen molar-refractivity contribution in [1.29, 1.82) is 0 Å². The van der Waals surface area contributed by atoms with Crippen molar-refractivity contribution in [3.8, 4) is 0 Å². The topological polar surface area (TPSA) is 39.7 Å². The highest BCUT2D eigenvalue weighted by molar-refractivity contribution is 7.82. The van der Waals surface area contributed by atoms with Gasteiger partial charge in [0.15, 0.2) is 5.11 Å². The number of aliphatic imine (C=N–C) groups is 1. The highest BCUT2D eigenvalue weighted by Crippen LogP contribution is 2.22. The number of thiocarbonyl (C=S) groups is 1. The molecule has 0 saturated heterocycles. The molecule has 0 bridgehead atoms. The molecule has 0 aliphatic carbocycles. The Morgan fingerprint density at radius 3 is 2.29 bits per heavy atom. The number of rotatable bonds is 5. The van der Waals surface area contributed by atoms with Gasteiger partial charge < -0.3 is 10.6 Å². The molecule has 0 amide bonds. The summed E-state index contributed by atoms with van der Waals surface area (Å²) in [5, 5.41) is 5.81. The smallest absolute Gasteiger partial charge is 0.237 e. The predicted molar refractivity (Wildman–Crippen MR) is 80.3 cm³/mol. The zero-order valence-corrected chi connectivity index (χ0v) is 12.6. The fraction of sp³-hybridized carbons (Fsp3) is 0.818. The summed E-state index contributed by atoms with van der Waals surface area (Å²) in [6.45, 7) is 10.6. The summed E-state index contributed by atoms with van der Waals surface area (Å²) < 4.78 is 0. The zero-order valence-electron chi connectivity index (χ0n) is 10.9. The van der Waals surface area contributed by atoms with E-state index < -0.39 is 5.12 Å². The number of hydrogen-bond acceptors (Lipinski definition) is 4. The molecule has 4 nitrogen and oxygen atoms in total. The van der Waals surface area contributed by atoms with Crippen LogP contribution in [0.3, 0.4) is 0 Å². The van der Waals surface area contributed by atoms with Crippen molar-refractivity contribution in [2.45, 2.75) is 32.8 Å². The second-order valence-electron chi connectivity index (χ2n) is 5.18. The molecule has 17 heavy (non-hydrogen) atoms. The molecule has 0 aromatic carbocycles. The van der Waals surface area contributed by atoms with E-state index in [9.17, 15) is 0 Å². The fourth-order valence-electron chi connectivity index (χ4n) is 1.77. The molecule has 0 spiro atoms. The lowest BCUT2D eigenvalue weighted by Crippen LogP contribution is -2.62. The first-order valence-electron chi connectivity index (χ1n) is 5.93. The first kappa shape index (κ1) is 14.7. The molecule has 1 aliphatic rings. The molecular formula is C11H22N4S2. The van der Waals surface area contributed by atoms with Crippen LogP contribution >= 0.6 is 24.8 Å². The number of hydrogen-bond donors (Lipinski definition) is 3. The van der Waals surface area contributed by atoms with Crippen molar-refractivity contribution >= 4 is 36.3 Å². The SMILES string of the molecule is CC(C)CN(CC(C)C)C1(S)N=CNC(=S)N1. The molecule has 1 atom stereocenters. The Morgan fingerprint density at radius 2 is 1.88 bits per heavy atom. The Kier molecular flexibility index (Phi) is 5.22. The number of nitrogens with one attached hydrogen (secondary N) is 2. The van der Waals surface area contributed by atoms with Crippen molar-refractivity contribution in [3.63, 3.8) is 0 Å². The molecule has 0 aromatic heterocycles. The van der Waals surface area contributed by atoms with Gasteiger partial charge in [-0.05, 0) is 24.1 Å². The van der Waals surface area contributed by atoms with E-state index in [4.69, 9.17) is 12.2 Å². The first-order valence-corrected chi connectivity index (χ1v) is 6.79. The minimum absolute atomic E-state index is 0.554. The van der Waals surface area contributed by atoms with Crippen LogP contribution in [0.1, 0.15) is 27.7 Å². The lowest BCUT2D eigenvalue weighted by Gasteiger charge is -2.41. The molecule has 1 unspecified atom stereocenters. The van der Waals surface area contributed by atoms with E-state index in [1.807, 2.05) is 0 Å². The molecule has 0 saturated carbocycles. The van der Waals surface area contributed by atoms with E-state index in [0.29, 0.717) is 16.9 Å². The van der Waals surface area contributed by atoms with Crippen LogP contribution in [-0.4, -0.2) is 34.6 Å². The van der Waals surface area contributed by atoms with E-state index in [1.54, 1.807) is 6.34 Å². The molecule has 1 heterocycles. The van der Waals surface area contributed by atoms with Crippen molar-refractivity contribution in [1.82, 2.24) is 15.5 Å². The minimum Gasteiger partial charge on any atom is -0.324 e. The standard InChI is InChI=1S/C11H22N4S2/c1-8(2)5-15(6-9(3)4)11(17)13-7-12-10(16)14-11/h7-9,17H,5-6H2,1-4H3,(H2,12,13,14,16). The summed E-state index contributed by atoms with van der Waals surface area (Å²) >= 11 is 9.75. The molecule has 98 valence electrons. The van der Waals surface area contributed by atoms with Crippen molar-refractivity contribution in [3.05, 3.63) is 0 Å². The van der Waals surface area contributed by atoms with Crippen LogP contribution in [0.4, 0.5) is 0 Å². The van der Waals surface area contributed by atoms with Gasteiger partial charge in [-0.25, -0.2) is 4.99 Å². The highest BCUT2D eigenvalue weighted by atomic mass is 32.1. The molecule has 1 aliphatic heterocycles. The monoisotopic (exact) mass is 274 g/mol. The van der Waals surface area contributed by atoms with E-state index >= 15 is 0 Å².